The number of rotatable bonds is 3. The molecule has 1 amide bonds. The zero-order chi connectivity index (χ0) is 15.7. The van der Waals surface area contributed by atoms with E-state index in [1.54, 1.807) is 35.9 Å². The predicted octanol–water partition coefficient (Wildman–Crippen LogP) is 2.00. The van der Waals surface area contributed by atoms with Crippen LogP contribution in [0, 0.1) is 13.8 Å². The van der Waals surface area contributed by atoms with E-state index in [1.165, 1.54) is 0 Å². The van der Waals surface area contributed by atoms with Gasteiger partial charge in [-0.2, -0.15) is 4.98 Å². The Bertz CT molecular complexity index is 839. The number of ether oxygens (including phenoxy) is 1. The minimum Gasteiger partial charge on any atom is -0.497 e. The van der Waals surface area contributed by atoms with E-state index in [1.807, 2.05) is 19.9 Å². The van der Waals surface area contributed by atoms with Crippen LogP contribution in [0.1, 0.15) is 22.0 Å². The lowest BCUT2D eigenvalue weighted by atomic mass is 10.3. The van der Waals surface area contributed by atoms with Crippen LogP contribution in [0.2, 0.25) is 0 Å². The van der Waals surface area contributed by atoms with Gasteiger partial charge in [-0.1, -0.05) is 0 Å². The Hall–Kier alpha value is -2.96. The normalized spacial score (nSPS) is 10.7. The molecular weight excluding hydrogens is 282 g/mol. The molecule has 2 aromatic heterocycles. The lowest BCUT2D eigenvalue weighted by Gasteiger charge is -2.03. The molecule has 22 heavy (non-hydrogen) atoms. The molecule has 1 aromatic carbocycles. The highest BCUT2D eigenvalue weighted by Gasteiger charge is 2.15. The molecule has 3 aromatic rings. The van der Waals surface area contributed by atoms with Crippen molar-refractivity contribution in [3.05, 3.63) is 47.5 Å². The van der Waals surface area contributed by atoms with Gasteiger partial charge in [-0.3, -0.25) is 4.79 Å². The standard InChI is InChI=1S/C15H15N5O2/c1-9-8-10(2)20-15(16-9)18-13(19-20)14(21)17-11-4-6-12(22-3)7-5-11/h4-8H,1-3H3,(H,17,21). The molecule has 0 saturated carbocycles. The topological polar surface area (TPSA) is 81.4 Å². The van der Waals surface area contributed by atoms with E-state index < -0.39 is 0 Å². The van der Waals surface area contributed by atoms with Crippen molar-refractivity contribution >= 4 is 17.4 Å². The first-order chi connectivity index (χ1) is 10.6. The number of carbonyl (C=O) groups excluding carboxylic acids is 1. The minimum absolute atomic E-state index is 0.0806. The molecule has 1 N–H and O–H groups in total. The number of fused-ring (bicyclic) bond motifs is 1. The Morgan fingerprint density at radius 1 is 1.18 bits per heavy atom. The van der Waals surface area contributed by atoms with Crippen LogP contribution in [0.4, 0.5) is 5.69 Å². The zero-order valence-corrected chi connectivity index (χ0v) is 12.5. The molecule has 0 aliphatic rings. The Morgan fingerprint density at radius 3 is 2.59 bits per heavy atom. The summed E-state index contributed by atoms with van der Waals surface area (Å²) in [5.41, 5.74) is 2.35. The van der Waals surface area contributed by atoms with E-state index in [-0.39, 0.29) is 11.7 Å². The van der Waals surface area contributed by atoms with E-state index in [0.29, 0.717) is 11.5 Å². The molecule has 2 heterocycles. The summed E-state index contributed by atoms with van der Waals surface area (Å²) >= 11 is 0. The monoisotopic (exact) mass is 297 g/mol. The molecule has 0 aliphatic heterocycles. The summed E-state index contributed by atoms with van der Waals surface area (Å²) in [6.45, 7) is 3.76. The van der Waals surface area contributed by atoms with Gasteiger partial charge in [-0.25, -0.2) is 9.50 Å². The number of anilines is 1. The quantitative estimate of drug-likeness (QED) is 0.799. The third kappa shape index (κ3) is 2.60. The second-order valence-corrected chi connectivity index (χ2v) is 4.87. The van der Waals surface area contributed by atoms with Gasteiger partial charge in [-0.05, 0) is 44.2 Å². The SMILES string of the molecule is COc1ccc(NC(=O)c2nc3nc(C)cc(C)n3n2)cc1. The number of nitrogens with zero attached hydrogens (tertiary/aromatic N) is 4. The van der Waals surface area contributed by atoms with Crippen molar-refractivity contribution in [1.29, 1.82) is 0 Å². The summed E-state index contributed by atoms with van der Waals surface area (Å²) in [4.78, 5) is 20.7. The Kier molecular flexibility index (Phi) is 3.46. The highest BCUT2D eigenvalue weighted by Crippen LogP contribution is 2.15. The summed E-state index contributed by atoms with van der Waals surface area (Å²) in [5, 5.41) is 6.93. The van der Waals surface area contributed by atoms with Crippen molar-refractivity contribution in [1.82, 2.24) is 19.6 Å². The second-order valence-electron chi connectivity index (χ2n) is 4.87. The van der Waals surface area contributed by atoms with E-state index in [0.717, 1.165) is 17.1 Å². The number of methoxy groups -OCH3 is 1. The first-order valence-corrected chi connectivity index (χ1v) is 6.73. The van der Waals surface area contributed by atoms with Crippen molar-refractivity contribution in [2.24, 2.45) is 0 Å². The molecule has 0 saturated heterocycles. The van der Waals surface area contributed by atoms with Crippen molar-refractivity contribution in [3.8, 4) is 5.75 Å². The molecule has 7 nitrogen and oxygen atoms in total. The maximum Gasteiger partial charge on any atom is 0.295 e. The number of aromatic nitrogens is 4. The summed E-state index contributed by atoms with van der Waals surface area (Å²) in [5.74, 6) is 0.835. The minimum atomic E-state index is -0.382. The van der Waals surface area contributed by atoms with Gasteiger partial charge in [0.1, 0.15) is 5.75 Å². The number of carbonyl (C=O) groups is 1. The van der Waals surface area contributed by atoms with Crippen molar-refractivity contribution in [3.63, 3.8) is 0 Å². The van der Waals surface area contributed by atoms with Crippen LogP contribution < -0.4 is 10.1 Å². The molecule has 7 heteroatoms. The van der Waals surface area contributed by atoms with Gasteiger partial charge in [0, 0.05) is 17.1 Å². The summed E-state index contributed by atoms with van der Waals surface area (Å²) in [7, 11) is 1.59. The molecule has 0 aliphatic carbocycles. The summed E-state index contributed by atoms with van der Waals surface area (Å²) in [6, 6.07) is 8.91. The highest BCUT2D eigenvalue weighted by atomic mass is 16.5. The molecule has 0 fully saturated rings. The maximum absolute atomic E-state index is 12.2. The van der Waals surface area contributed by atoms with Crippen molar-refractivity contribution < 1.29 is 9.53 Å². The highest BCUT2D eigenvalue weighted by molar-refractivity contribution is 6.01. The van der Waals surface area contributed by atoms with Gasteiger partial charge in [0.2, 0.25) is 5.82 Å². The number of aryl methyl sites for hydroxylation is 2. The van der Waals surface area contributed by atoms with Gasteiger partial charge in [0.05, 0.1) is 7.11 Å². The van der Waals surface area contributed by atoms with Crippen LogP contribution in [0.25, 0.3) is 5.78 Å². The lowest BCUT2D eigenvalue weighted by molar-refractivity contribution is 0.101. The number of nitrogens with one attached hydrogen (secondary N) is 1. The Morgan fingerprint density at radius 2 is 1.91 bits per heavy atom. The van der Waals surface area contributed by atoms with Gasteiger partial charge >= 0.3 is 0 Å². The third-order valence-electron chi connectivity index (χ3n) is 3.17. The van der Waals surface area contributed by atoms with Crippen LogP contribution in [0.5, 0.6) is 5.75 Å². The largest absolute Gasteiger partial charge is 0.497 e. The van der Waals surface area contributed by atoms with E-state index >= 15 is 0 Å². The van der Waals surface area contributed by atoms with Crippen molar-refractivity contribution in [2.45, 2.75) is 13.8 Å². The first-order valence-electron chi connectivity index (χ1n) is 6.73. The van der Waals surface area contributed by atoms with Crippen LogP contribution in [-0.4, -0.2) is 32.6 Å². The molecule has 0 unspecified atom stereocenters. The first kappa shape index (κ1) is 14.0. The third-order valence-corrected chi connectivity index (χ3v) is 3.17. The second kappa shape index (κ2) is 5.44. The van der Waals surface area contributed by atoms with Crippen LogP contribution in [0.15, 0.2) is 30.3 Å². The fraction of sp³-hybridized carbons (Fsp3) is 0.200. The molecule has 0 bridgehead atoms. The van der Waals surface area contributed by atoms with Gasteiger partial charge in [-0.15, -0.1) is 5.10 Å². The molecule has 0 radical (unpaired) electrons. The number of benzene rings is 1. The van der Waals surface area contributed by atoms with Gasteiger partial charge in [0.15, 0.2) is 0 Å². The predicted molar refractivity (Wildman–Crippen MR) is 81.2 cm³/mol. The number of hydrogen-bond donors (Lipinski definition) is 1. The summed E-state index contributed by atoms with van der Waals surface area (Å²) < 4.78 is 6.63. The fourth-order valence-electron chi connectivity index (χ4n) is 2.12. The summed E-state index contributed by atoms with van der Waals surface area (Å²) in [6.07, 6.45) is 0. The van der Waals surface area contributed by atoms with E-state index in [9.17, 15) is 4.79 Å². The van der Waals surface area contributed by atoms with Crippen LogP contribution >= 0.6 is 0 Å². The van der Waals surface area contributed by atoms with E-state index in [4.69, 9.17) is 4.74 Å². The zero-order valence-electron chi connectivity index (χ0n) is 12.5. The molecular formula is C15H15N5O2. The average molecular weight is 297 g/mol. The number of hydrogen-bond acceptors (Lipinski definition) is 5. The Labute approximate surface area is 127 Å². The van der Waals surface area contributed by atoms with Crippen molar-refractivity contribution in [2.75, 3.05) is 12.4 Å². The van der Waals surface area contributed by atoms with Crippen LogP contribution in [-0.2, 0) is 0 Å². The average Bonchev–Trinajstić information content (AvgIpc) is 2.92. The fourth-order valence-corrected chi connectivity index (χ4v) is 2.12. The molecule has 0 atom stereocenters. The Balaban J connectivity index is 1.86. The van der Waals surface area contributed by atoms with Gasteiger partial charge in [0.25, 0.3) is 11.7 Å². The molecule has 112 valence electrons. The van der Waals surface area contributed by atoms with Crippen LogP contribution in [0.3, 0.4) is 0 Å². The van der Waals surface area contributed by atoms with E-state index in [2.05, 4.69) is 20.4 Å². The maximum atomic E-state index is 12.2. The van der Waals surface area contributed by atoms with Gasteiger partial charge < -0.3 is 10.1 Å². The lowest BCUT2D eigenvalue weighted by Crippen LogP contribution is -2.14. The molecule has 0 spiro atoms. The number of amides is 1. The molecule has 3 rings (SSSR count). The smallest absolute Gasteiger partial charge is 0.295 e.